The van der Waals surface area contributed by atoms with Gasteiger partial charge in [0.2, 0.25) is 5.91 Å². The van der Waals surface area contributed by atoms with E-state index >= 15 is 0 Å². The van der Waals surface area contributed by atoms with E-state index in [-0.39, 0.29) is 17.4 Å². The Morgan fingerprint density at radius 2 is 1.42 bits per heavy atom. The Morgan fingerprint density at radius 3 is 1.81 bits per heavy atom. The lowest BCUT2D eigenvalue weighted by atomic mass is 9.84. The Hall–Kier alpha value is -1.16. The van der Waals surface area contributed by atoms with Crippen molar-refractivity contribution in [2.75, 3.05) is 0 Å². The third-order valence-corrected chi connectivity index (χ3v) is 6.48. The summed E-state index contributed by atoms with van der Waals surface area (Å²) in [6.07, 6.45) is 0. The van der Waals surface area contributed by atoms with E-state index in [9.17, 15) is 9.59 Å². The molecular formula is C20H21I2NO3. The van der Waals surface area contributed by atoms with E-state index in [0.29, 0.717) is 5.56 Å². The first-order chi connectivity index (χ1) is 12.1. The van der Waals surface area contributed by atoms with Crippen molar-refractivity contribution in [3.63, 3.8) is 0 Å². The fraction of sp³-hybridized carbons (Fsp3) is 0.300. The van der Waals surface area contributed by atoms with Gasteiger partial charge in [-0.15, -0.1) is 0 Å². The molecule has 2 aromatic carbocycles. The highest BCUT2D eigenvalue weighted by atomic mass is 127. The molecule has 0 bridgehead atoms. The van der Waals surface area contributed by atoms with Gasteiger partial charge in [0.25, 0.3) is 0 Å². The normalized spacial score (nSPS) is 11.2. The topological polar surface area (TPSA) is 80.4 Å². The lowest BCUT2D eigenvalue weighted by Gasteiger charge is -2.25. The number of hydrogen-bond donors (Lipinski definition) is 2. The lowest BCUT2D eigenvalue weighted by Crippen LogP contribution is -2.20. The quantitative estimate of drug-likeness (QED) is 0.454. The molecule has 0 saturated carbocycles. The number of carboxylic acids is 1. The second-order valence-corrected chi connectivity index (χ2v) is 8.92. The molecule has 0 aliphatic heterocycles. The van der Waals surface area contributed by atoms with Crippen molar-refractivity contribution < 1.29 is 14.7 Å². The molecule has 2 rings (SSSR count). The van der Waals surface area contributed by atoms with Gasteiger partial charge in [-0.25, -0.2) is 4.79 Å². The average molecular weight is 577 g/mol. The molecule has 0 aliphatic rings. The van der Waals surface area contributed by atoms with E-state index in [2.05, 4.69) is 72.9 Å². The summed E-state index contributed by atoms with van der Waals surface area (Å²) in [6, 6.07) is 6.73. The van der Waals surface area contributed by atoms with Crippen LogP contribution in [0.4, 0.5) is 0 Å². The smallest absolute Gasteiger partial charge is 0.335 e. The summed E-state index contributed by atoms with van der Waals surface area (Å²) in [7, 11) is 0. The van der Waals surface area contributed by atoms with Crippen molar-refractivity contribution in [2.24, 2.45) is 5.73 Å². The van der Waals surface area contributed by atoms with E-state index in [1.807, 2.05) is 0 Å². The zero-order valence-electron chi connectivity index (χ0n) is 15.1. The summed E-state index contributed by atoms with van der Waals surface area (Å²) in [5.41, 5.74) is 10.5. The Bertz CT molecular complexity index is 872. The van der Waals surface area contributed by atoms with Gasteiger partial charge in [0.05, 0.1) is 11.1 Å². The van der Waals surface area contributed by atoms with Gasteiger partial charge in [0.1, 0.15) is 0 Å². The van der Waals surface area contributed by atoms with E-state index in [4.69, 9.17) is 10.8 Å². The van der Waals surface area contributed by atoms with Crippen LogP contribution < -0.4 is 5.73 Å². The van der Waals surface area contributed by atoms with Crippen LogP contribution in [0.1, 0.15) is 71.4 Å². The van der Waals surface area contributed by atoms with Gasteiger partial charge in [0, 0.05) is 12.7 Å². The number of primary amides is 1. The molecule has 0 saturated heterocycles. The monoisotopic (exact) mass is 577 g/mol. The molecule has 4 nitrogen and oxygen atoms in total. The van der Waals surface area contributed by atoms with Crippen LogP contribution in [-0.4, -0.2) is 17.0 Å². The number of carbonyl (C=O) groups is 2. The molecule has 0 unspecified atom stereocenters. The Morgan fingerprint density at radius 1 is 0.923 bits per heavy atom. The molecule has 3 N–H and O–H groups in total. The predicted molar refractivity (Wildman–Crippen MR) is 121 cm³/mol. The molecule has 0 spiro atoms. The summed E-state index contributed by atoms with van der Waals surface area (Å²) in [6.45, 7) is 8.36. The molecule has 1 amide bonds. The zero-order valence-corrected chi connectivity index (χ0v) is 19.4. The van der Waals surface area contributed by atoms with Crippen LogP contribution >= 0.6 is 45.2 Å². The fourth-order valence-electron chi connectivity index (χ4n) is 3.17. The van der Waals surface area contributed by atoms with Crippen molar-refractivity contribution in [3.8, 4) is 11.1 Å². The van der Waals surface area contributed by atoms with E-state index in [1.165, 1.54) is 0 Å². The first-order valence-electron chi connectivity index (χ1n) is 8.26. The van der Waals surface area contributed by atoms with Gasteiger partial charge in [-0.2, -0.15) is 0 Å². The predicted octanol–water partition coefficient (Wildman–Crippen LogP) is 5.61. The molecule has 0 aromatic heterocycles. The molecule has 138 valence electrons. The molecule has 26 heavy (non-hydrogen) atoms. The van der Waals surface area contributed by atoms with Crippen LogP contribution in [-0.2, 0) is 0 Å². The zero-order chi connectivity index (χ0) is 19.8. The summed E-state index contributed by atoms with van der Waals surface area (Å²) in [5.74, 6) is -0.997. The average Bonchev–Trinajstić information content (AvgIpc) is 2.53. The molecule has 0 radical (unpaired) electrons. The van der Waals surface area contributed by atoms with Crippen LogP contribution in [0.2, 0.25) is 0 Å². The number of hydrogen-bond acceptors (Lipinski definition) is 2. The molecular weight excluding hydrogens is 556 g/mol. The van der Waals surface area contributed by atoms with Crippen molar-refractivity contribution in [1.29, 1.82) is 0 Å². The number of carbonyl (C=O) groups excluding carboxylic acids is 1. The maximum atomic E-state index is 12.3. The van der Waals surface area contributed by atoms with Crippen LogP contribution in [0.25, 0.3) is 11.1 Å². The second-order valence-electron chi connectivity index (χ2n) is 6.76. The first-order valence-corrected chi connectivity index (χ1v) is 10.4. The van der Waals surface area contributed by atoms with E-state index in [1.54, 1.807) is 24.3 Å². The Kier molecular flexibility index (Phi) is 6.70. The van der Waals surface area contributed by atoms with Gasteiger partial charge in [-0.3, -0.25) is 4.79 Å². The number of aromatic carboxylic acids is 1. The number of rotatable bonds is 5. The largest absolute Gasteiger partial charge is 0.478 e. The SMILES string of the molecule is CC(C)c1c(I)c(-c2ccc(C(=O)O)cc2)c(I)c(C(N)=O)c1C(C)C. The molecule has 6 heteroatoms. The van der Waals surface area contributed by atoms with E-state index in [0.717, 1.165) is 29.4 Å². The highest BCUT2D eigenvalue weighted by molar-refractivity contribution is 14.1. The van der Waals surface area contributed by atoms with Crippen LogP contribution in [0.15, 0.2) is 24.3 Å². The Labute approximate surface area is 180 Å². The molecule has 2 aromatic rings. The van der Waals surface area contributed by atoms with Crippen LogP contribution in [0, 0.1) is 7.14 Å². The minimum atomic E-state index is -0.961. The number of amides is 1. The van der Waals surface area contributed by atoms with Gasteiger partial charge >= 0.3 is 5.97 Å². The number of nitrogens with two attached hydrogens (primary N) is 1. The van der Waals surface area contributed by atoms with Gasteiger partial charge in [-0.1, -0.05) is 39.8 Å². The minimum Gasteiger partial charge on any atom is -0.478 e. The lowest BCUT2D eigenvalue weighted by molar-refractivity contribution is 0.0696. The molecule has 0 aliphatic carbocycles. The van der Waals surface area contributed by atoms with Gasteiger partial charge < -0.3 is 10.8 Å². The van der Waals surface area contributed by atoms with Crippen LogP contribution in [0.5, 0.6) is 0 Å². The summed E-state index contributed by atoms with van der Waals surface area (Å²) in [4.78, 5) is 23.4. The first kappa shape index (κ1) is 21.1. The van der Waals surface area contributed by atoms with Crippen LogP contribution in [0.3, 0.4) is 0 Å². The fourth-order valence-corrected chi connectivity index (χ4v) is 6.31. The third kappa shape index (κ3) is 3.90. The van der Waals surface area contributed by atoms with E-state index < -0.39 is 11.9 Å². The van der Waals surface area contributed by atoms with Crippen molar-refractivity contribution in [3.05, 3.63) is 53.7 Å². The number of carboxylic acid groups (broad SMARTS) is 1. The summed E-state index contributed by atoms with van der Waals surface area (Å²) in [5, 5.41) is 9.12. The molecule has 0 fully saturated rings. The summed E-state index contributed by atoms with van der Waals surface area (Å²) >= 11 is 4.52. The summed E-state index contributed by atoms with van der Waals surface area (Å²) < 4.78 is 1.90. The van der Waals surface area contributed by atoms with Gasteiger partial charge in [-0.05, 0) is 85.8 Å². The van der Waals surface area contributed by atoms with Crippen molar-refractivity contribution in [2.45, 2.75) is 39.5 Å². The second kappa shape index (κ2) is 8.24. The minimum absolute atomic E-state index is 0.167. The third-order valence-electron chi connectivity index (χ3n) is 4.28. The maximum Gasteiger partial charge on any atom is 0.335 e. The molecule has 0 heterocycles. The highest BCUT2D eigenvalue weighted by Gasteiger charge is 2.27. The van der Waals surface area contributed by atoms with Crippen molar-refractivity contribution in [1.82, 2.24) is 0 Å². The van der Waals surface area contributed by atoms with Crippen molar-refractivity contribution >= 4 is 57.1 Å². The maximum absolute atomic E-state index is 12.3. The standard InChI is InChI=1S/C20H21I2NO3/c1-9(2)13-14(10(3)4)17(21)15(18(22)16(13)19(23)24)11-5-7-12(8-6-11)20(25)26/h5-10H,1-4H3,(H2,23,24)(H,25,26). The molecule has 0 atom stereocenters. The van der Waals surface area contributed by atoms with Gasteiger partial charge in [0.15, 0.2) is 0 Å². The highest BCUT2D eigenvalue weighted by Crippen LogP contribution is 2.42. The number of benzene rings is 2. The number of halogens is 2. The Balaban J connectivity index is 2.90.